The fourth-order valence-corrected chi connectivity index (χ4v) is 1.71. The average Bonchev–Trinajstić information content (AvgIpc) is 2.26. The molecule has 15 heavy (non-hydrogen) atoms. The van der Waals surface area contributed by atoms with Crippen molar-refractivity contribution in [3.63, 3.8) is 0 Å². The van der Waals surface area contributed by atoms with Gasteiger partial charge in [-0.05, 0) is 45.9 Å². The smallest absolute Gasteiger partial charge is 0.00489 e. The van der Waals surface area contributed by atoms with Crippen LogP contribution in [0.2, 0.25) is 0 Å². The molecular weight excluding hydrogens is 184 g/mol. The van der Waals surface area contributed by atoms with Crippen LogP contribution in [0.3, 0.4) is 0 Å². The van der Waals surface area contributed by atoms with Gasteiger partial charge >= 0.3 is 0 Å². The topological polar surface area (TPSA) is 24.1 Å². The van der Waals surface area contributed by atoms with Crippen LogP contribution in [-0.2, 0) is 0 Å². The molecule has 0 radical (unpaired) electrons. The van der Waals surface area contributed by atoms with Gasteiger partial charge in [0.15, 0.2) is 0 Å². The van der Waals surface area contributed by atoms with Gasteiger partial charge in [0.05, 0.1) is 0 Å². The molecular formula is C13H30N2. The minimum atomic E-state index is 1.17. The molecule has 2 N–H and O–H groups in total. The van der Waals surface area contributed by atoms with Crippen molar-refractivity contribution in [1.29, 1.82) is 0 Å². The largest absolute Gasteiger partial charge is 0.320 e. The third kappa shape index (κ3) is 13.9. The highest BCUT2D eigenvalue weighted by atomic mass is 14.8. The Bertz CT molecular complexity index is 92.7. The van der Waals surface area contributed by atoms with Gasteiger partial charge in [0.25, 0.3) is 0 Å². The molecule has 0 aliphatic carbocycles. The molecule has 0 saturated heterocycles. The van der Waals surface area contributed by atoms with Gasteiger partial charge in [0, 0.05) is 0 Å². The number of rotatable bonds is 12. The number of hydrogen-bond acceptors (Lipinski definition) is 2. The first-order valence-electron chi connectivity index (χ1n) is 6.77. The molecule has 0 aromatic carbocycles. The van der Waals surface area contributed by atoms with E-state index in [0.29, 0.717) is 0 Å². The summed E-state index contributed by atoms with van der Waals surface area (Å²) in [5.41, 5.74) is 0. The third-order valence-electron chi connectivity index (χ3n) is 2.74. The Hall–Kier alpha value is -0.0800. The van der Waals surface area contributed by atoms with E-state index in [2.05, 4.69) is 17.6 Å². The van der Waals surface area contributed by atoms with E-state index >= 15 is 0 Å². The zero-order valence-electron chi connectivity index (χ0n) is 10.8. The summed E-state index contributed by atoms with van der Waals surface area (Å²) in [6, 6.07) is 0. The van der Waals surface area contributed by atoms with Crippen LogP contribution in [-0.4, -0.2) is 26.7 Å². The van der Waals surface area contributed by atoms with Gasteiger partial charge in [-0.15, -0.1) is 0 Å². The zero-order valence-corrected chi connectivity index (χ0v) is 10.8. The third-order valence-corrected chi connectivity index (χ3v) is 2.74. The van der Waals surface area contributed by atoms with Crippen molar-refractivity contribution in [2.75, 3.05) is 26.7 Å². The Morgan fingerprint density at radius 3 is 1.73 bits per heavy atom. The summed E-state index contributed by atoms with van der Waals surface area (Å²) >= 11 is 0. The van der Waals surface area contributed by atoms with Crippen molar-refractivity contribution >= 4 is 0 Å². The summed E-state index contributed by atoms with van der Waals surface area (Å²) in [7, 11) is 2.03. The van der Waals surface area contributed by atoms with Crippen molar-refractivity contribution in [1.82, 2.24) is 10.6 Å². The van der Waals surface area contributed by atoms with Crippen molar-refractivity contribution in [2.45, 2.75) is 58.3 Å². The average molecular weight is 214 g/mol. The Balaban J connectivity index is 2.81. The van der Waals surface area contributed by atoms with E-state index in [9.17, 15) is 0 Å². The molecule has 0 aliphatic heterocycles. The molecule has 0 fully saturated rings. The van der Waals surface area contributed by atoms with Gasteiger partial charge in [0.2, 0.25) is 0 Å². The van der Waals surface area contributed by atoms with Gasteiger partial charge in [-0.2, -0.15) is 0 Å². The molecule has 2 nitrogen and oxygen atoms in total. The number of nitrogens with one attached hydrogen (secondary N) is 2. The van der Waals surface area contributed by atoms with Crippen LogP contribution in [0.4, 0.5) is 0 Å². The van der Waals surface area contributed by atoms with Crippen LogP contribution in [0, 0.1) is 0 Å². The summed E-state index contributed by atoms with van der Waals surface area (Å²) in [6.45, 7) is 5.87. The second kappa shape index (κ2) is 13.9. The second-order valence-electron chi connectivity index (χ2n) is 4.33. The van der Waals surface area contributed by atoms with E-state index < -0.39 is 0 Å². The van der Waals surface area contributed by atoms with Crippen LogP contribution in [0.5, 0.6) is 0 Å². The van der Waals surface area contributed by atoms with Crippen LogP contribution >= 0.6 is 0 Å². The summed E-state index contributed by atoms with van der Waals surface area (Å²) in [5.74, 6) is 0. The lowest BCUT2D eigenvalue weighted by Gasteiger charge is -2.04. The molecule has 92 valence electrons. The van der Waals surface area contributed by atoms with Crippen molar-refractivity contribution in [2.24, 2.45) is 0 Å². The fourth-order valence-electron chi connectivity index (χ4n) is 1.71. The molecule has 0 spiro atoms. The van der Waals surface area contributed by atoms with E-state index in [1.807, 2.05) is 7.05 Å². The first-order chi connectivity index (χ1) is 7.41. The molecule has 0 aromatic heterocycles. The van der Waals surface area contributed by atoms with E-state index in [-0.39, 0.29) is 0 Å². The highest BCUT2D eigenvalue weighted by molar-refractivity contribution is 4.51. The van der Waals surface area contributed by atoms with Gasteiger partial charge < -0.3 is 10.6 Å². The molecule has 0 aliphatic rings. The Morgan fingerprint density at radius 2 is 1.20 bits per heavy atom. The highest BCUT2D eigenvalue weighted by Gasteiger charge is 1.90. The molecule has 0 saturated carbocycles. The number of hydrogen-bond donors (Lipinski definition) is 2. The SMILES string of the molecule is CCCCCCNCCCCCCNC. The van der Waals surface area contributed by atoms with E-state index in [0.717, 1.165) is 0 Å². The van der Waals surface area contributed by atoms with Crippen LogP contribution in [0.1, 0.15) is 58.3 Å². The molecule has 0 bridgehead atoms. The lowest BCUT2D eigenvalue weighted by molar-refractivity contribution is 0.555. The van der Waals surface area contributed by atoms with E-state index in [4.69, 9.17) is 0 Å². The van der Waals surface area contributed by atoms with Gasteiger partial charge in [0.1, 0.15) is 0 Å². The Kier molecular flexibility index (Phi) is 13.8. The first-order valence-corrected chi connectivity index (χ1v) is 6.77. The minimum Gasteiger partial charge on any atom is -0.320 e. The summed E-state index contributed by atoms with van der Waals surface area (Å²) in [5, 5.41) is 6.70. The molecule has 2 heteroatoms. The van der Waals surface area contributed by atoms with Gasteiger partial charge in [-0.1, -0.05) is 39.0 Å². The zero-order chi connectivity index (χ0) is 11.2. The predicted molar refractivity (Wildman–Crippen MR) is 69.4 cm³/mol. The van der Waals surface area contributed by atoms with Crippen molar-refractivity contribution in [3.8, 4) is 0 Å². The lowest BCUT2D eigenvalue weighted by atomic mass is 10.2. The quantitative estimate of drug-likeness (QED) is 0.488. The minimum absolute atomic E-state index is 1.17. The summed E-state index contributed by atoms with van der Waals surface area (Å²) < 4.78 is 0. The summed E-state index contributed by atoms with van der Waals surface area (Å²) in [6.07, 6.45) is 10.9. The highest BCUT2D eigenvalue weighted by Crippen LogP contribution is 1.99. The van der Waals surface area contributed by atoms with E-state index in [1.54, 1.807) is 0 Å². The normalized spacial score (nSPS) is 10.8. The summed E-state index contributed by atoms with van der Waals surface area (Å²) in [4.78, 5) is 0. The first kappa shape index (κ1) is 14.9. The monoisotopic (exact) mass is 214 g/mol. The lowest BCUT2D eigenvalue weighted by Crippen LogP contribution is -2.16. The predicted octanol–water partition coefficient (Wildman–Crippen LogP) is 2.94. The van der Waals surface area contributed by atoms with Crippen LogP contribution in [0.15, 0.2) is 0 Å². The maximum absolute atomic E-state index is 3.52. The molecule has 0 amide bonds. The van der Waals surface area contributed by atoms with Crippen molar-refractivity contribution in [3.05, 3.63) is 0 Å². The molecule has 0 heterocycles. The molecule has 0 aromatic rings. The molecule has 0 rings (SSSR count). The second-order valence-corrected chi connectivity index (χ2v) is 4.33. The Morgan fingerprint density at radius 1 is 0.667 bits per heavy atom. The van der Waals surface area contributed by atoms with Crippen LogP contribution < -0.4 is 10.6 Å². The van der Waals surface area contributed by atoms with Crippen molar-refractivity contribution < 1.29 is 0 Å². The molecule has 0 unspecified atom stereocenters. The maximum Gasteiger partial charge on any atom is -0.00489 e. The number of unbranched alkanes of at least 4 members (excludes halogenated alkanes) is 6. The van der Waals surface area contributed by atoms with Gasteiger partial charge in [-0.25, -0.2) is 0 Å². The van der Waals surface area contributed by atoms with Gasteiger partial charge in [-0.3, -0.25) is 0 Å². The fraction of sp³-hybridized carbons (Fsp3) is 1.00. The standard InChI is InChI=1S/C13H30N2/c1-3-4-5-9-12-15-13-10-7-6-8-11-14-2/h14-15H,3-13H2,1-2H3. The van der Waals surface area contributed by atoms with E-state index in [1.165, 1.54) is 71.0 Å². The molecule has 0 atom stereocenters. The Labute approximate surface area is 96.2 Å². The van der Waals surface area contributed by atoms with Crippen LogP contribution in [0.25, 0.3) is 0 Å². The maximum atomic E-state index is 3.52.